The number of carboxylic acid groups (broad SMARTS) is 1. The van der Waals surface area contributed by atoms with Crippen LogP contribution in [0.25, 0.3) is 0 Å². The number of hydrogen-bond acceptors (Lipinski definition) is 3. The molecule has 5 nitrogen and oxygen atoms in total. The van der Waals surface area contributed by atoms with Crippen LogP contribution < -0.4 is 10.1 Å². The zero-order valence-corrected chi connectivity index (χ0v) is 17.1. The molecule has 3 rings (SSSR count). The zero-order valence-electron chi connectivity index (χ0n) is 17.1. The first-order chi connectivity index (χ1) is 13.9. The van der Waals surface area contributed by atoms with Crippen molar-refractivity contribution in [2.24, 2.45) is 11.8 Å². The van der Waals surface area contributed by atoms with Gasteiger partial charge in [0.25, 0.3) is 0 Å². The lowest BCUT2D eigenvalue weighted by Gasteiger charge is -2.27. The van der Waals surface area contributed by atoms with Gasteiger partial charge in [-0.25, -0.2) is 0 Å². The predicted molar refractivity (Wildman–Crippen MR) is 112 cm³/mol. The molecule has 0 heterocycles. The fraction of sp³-hybridized carbons (Fsp3) is 0.417. The smallest absolute Gasteiger partial charge is 0.307 e. The van der Waals surface area contributed by atoms with Crippen LogP contribution in [0.5, 0.6) is 11.5 Å². The van der Waals surface area contributed by atoms with Gasteiger partial charge in [0.15, 0.2) is 0 Å². The maximum Gasteiger partial charge on any atom is 0.307 e. The molecule has 2 aromatic carbocycles. The Kier molecular flexibility index (Phi) is 6.91. The number of rotatable bonds is 7. The maximum atomic E-state index is 12.4. The van der Waals surface area contributed by atoms with Crippen molar-refractivity contribution < 1.29 is 19.4 Å². The van der Waals surface area contributed by atoms with Crippen LogP contribution in [-0.2, 0) is 16.0 Å². The van der Waals surface area contributed by atoms with Crippen molar-refractivity contribution in [2.45, 2.75) is 46.0 Å². The van der Waals surface area contributed by atoms with Crippen molar-refractivity contribution in [2.75, 3.05) is 6.54 Å². The van der Waals surface area contributed by atoms with Gasteiger partial charge in [0, 0.05) is 6.54 Å². The number of hydrogen-bond donors (Lipinski definition) is 2. The Morgan fingerprint density at radius 3 is 2.28 bits per heavy atom. The van der Waals surface area contributed by atoms with E-state index in [0.29, 0.717) is 25.8 Å². The number of carbonyl (C=O) groups is 2. The lowest BCUT2D eigenvalue weighted by Crippen LogP contribution is -2.40. The van der Waals surface area contributed by atoms with Crippen LogP contribution in [0.4, 0.5) is 0 Å². The molecule has 154 valence electrons. The zero-order chi connectivity index (χ0) is 20.8. The van der Waals surface area contributed by atoms with Crippen molar-refractivity contribution in [3.05, 3.63) is 59.2 Å². The molecule has 0 radical (unpaired) electrons. The summed E-state index contributed by atoms with van der Waals surface area (Å²) in [4.78, 5) is 23.8. The Hall–Kier alpha value is -2.82. The molecule has 0 aromatic heterocycles. The minimum Gasteiger partial charge on any atom is -0.481 e. The van der Waals surface area contributed by atoms with Gasteiger partial charge in [0.2, 0.25) is 5.91 Å². The SMILES string of the molecule is Cc1ccc(Oc2ccc(CCNC(=O)C3CCCCC3C(=O)O)cc2)cc1C. The highest BCUT2D eigenvalue weighted by Crippen LogP contribution is 2.30. The summed E-state index contributed by atoms with van der Waals surface area (Å²) in [6, 6.07) is 13.9. The number of ether oxygens (including phenoxy) is 1. The van der Waals surface area contributed by atoms with Gasteiger partial charge in [-0.15, -0.1) is 0 Å². The number of aryl methyl sites for hydroxylation is 2. The van der Waals surface area contributed by atoms with Crippen molar-refractivity contribution in [3.63, 3.8) is 0 Å². The summed E-state index contributed by atoms with van der Waals surface area (Å²) >= 11 is 0. The lowest BCUT2D eigenvalue weighted by molar-refractivity contribution is -0.148. The van der Waals surface area contributed by atoms with E-state index in [2.05, 4.69) is 19.2 Å². The van der Waals surface area contributed by atoms with Crippen molar-refractivity contribution >= 4 is 11.9 Å². The molecule has 2 unspecified atom stereocenters. The molecule has 2 N–H and O–H groups in total. The fourth-order valence-corrected chi connectivity index (χ4v) is 3.84. The van der Waals surface area contributed by atoms with Crippen LogP contribution in [0, 0.1) is 25.7 Å². The Labute approximate surface area is 172 Å². The van der Waals surface area contributed by atoms with Crippen molar-refractivity contribution in [3.8, 4) is 11.5 Å². The molecule has 2 aromatic rings. The molecule has 1 aliphatic rings. The number of aliphatic carboxylic acids is 1. The normalized spacial score (nSPS) is 18.8. The predicted octanol–water partition coefficient (Wildman–Crippen LogP) is 4.65. The van der Waals surface area contributed by atoms with E-state index >= 15 is 0 Å². The highest BCUT2D eigenvalue weighted by atomic mass is 16.5. The highest BCUT2D eigenvalue weighted by molar-refractivity contribution is 5.84. The van der Waals surface area contributed by atoms with E-state index in [1.807, 2.05) is 42.5 Å². The van der Waals surface area contributed by atoms with Gasteiger partial charge < -0.3 is 15.2 Å². The fourth-order valence-electron chi connectivity index (χ4n) is 3.84. The van der Waals surface area contributed by atoms with E-state index in [0.717, 1.165) is 29.9 Å². The summed E-state index contributed by atoms with van der Waals surface area (Å²) in [5.74, 6) is -0.363. The summed E-state index contributed by atoms with van der Waals surface area (Å²) < 4.78 is 5.90. The van der Waals surface area contributed by atoms with Gasteiger partial charge in [0.05, 0.1) is 11.8 Å². The quantitative estimate of drug-likeness (QED) is 0.716. The molecular formula is C24H29NO4. The van der Waals surface area contributed by atoms with E-state index in [9.17, 15) is 14.7 Å². The molecule has 0 saturated heterocycles. The molecule has 1 aliphatic carbocycles. The third-order valence-corrected chi connectivity index (χ3v) is 5.77. The third kappa shape index (κ3) is 5.59. The minimum atomic E-state index is -0.857. The van der Waals surface area contributed by atoms with Crippen LogP contribution in [0.15, 0.2) is 42.5 Å². The van der Waals surface area contributed by atoms with Gasteiger partial charge in [0.1, 0.15) is 11.5 Å². The minimum absolute atomic E-state index is 0.133. The van der Waals surface area contributed by atoms with Crippen LogP contribution >= 0.6 is 0 Å². The Morgan fingerprint density at radius 1 is 0.966 bits per heavy atom. The molecule has 2 atom stereocenters. The second kappa shape index (κ2) is 9.59. The number of nitrogens with one attached hydrogen (secondary N) is 1. The first-order valence-corrected chi connectivity index (χ1v) is 10.3. The van der Waals surface area contributed by atoms with E-state index in [1.165, 1.54) is 11.1 Å². The van der Waals surface area contributed by atoms with Crippen molar-refractivity contribution in [1.29, 1.82) is 0 Å². The van der Waals surface area contributed by atoms with Gasteiger partial charge in [-0.05, 0) is 74.1 Å². The molecule has 0 bridgehead atoms. The first-order valence-electron chi connectivity index (χ1n) is 10.3. The molecule has 1 fully saturated rings. The maximum absolute atomic E-state index is 12.4. The second-order valence-electron chi connectivity index (χ2n) is 7.87. The van der Waals surface area contributed by atoms with Gasteiger partial charge >= 0.3 is 5.97 Å². The van der Waals surface area contributed by atoms with Crippen LogP contribution in [0.3, 0.4) is 0 Å². The molecular weight excluding hydrogens is 366 g/mol. The topological polar surface area (TPSA) is 75.6 Å². The summed E-state index contributed by atoms with van der Waals surface area (Å²) in [7, 11) is 0. The standard InChI is InChI=1S/C24H29NO4/c1-16-7-10-20(15-17(16)2)29-19-11-8-18(9-12-19)13-14-25-23(26)21-5-3-4-6-22(21)24(27)28/h7-12,15,21-22H,3-6,13-14H2,1-2H3,(H,25,26)(H,27,28). The molecule has 0 aliphatic heterocycles. The average molecular weight is 395 g/mol. The van der Waals surface area contributed by atoms with Gasteiger partial charge in [-0.2, -0.15) is 0 Å². The number of amides is 1. The number of carbonyl (C=O) groups excluding carboxylic acids is 1. The Balaban J connectivity index is 1.49. The summed E-state index contributed by atoms with van der Waals surface area (Å²) in [6.45, 7) is 4.63. The summed E-state index contributed by atoms with van der Waals surface area (Å²) in [6.07, 6.45) is 3.75. The van der Waals surface area contributed by atoms with Gasteiger partial charge in [-0.3, -0.25) is 9.59 Å². The van der Waals surface area contributed by atoms with Crippen molar-refractivity contribution in [1.82, 2.24) is 5.32 Å². The van der Waals surface area contributed by atoms with Crippen LogP contribution in [0.2, 0.25) is 0 Å². The second-order valence-corrected chi connectivity index (χ2v) is 7.87. The molecule has 0 spiro atoms. The largest absolute Gasteiger partial charge is 0.481 e. The van der Waals surface area contributed by atoms with Gasteiger partial charge in [-0.1, -0.05) is 31.0 Å². The Morgan fingerprint density at radius 2 is 1.62 bits per heavy atom. The molecule has 1 amide bonds. The van der Waals surface area contributed by atoms with E-state index in [-0.39, 0.29) is 5.91 Å². The summed E-state index contributed by atoms with van der Waals surface area (Å²) in [5, 5.41) is 12.2. The van der Waals surface area contributed by atoms with E-state index in [4.69, 9.17) is 4.74 Å². The van der Waals surface area contributed by atoms with Crippen LogP contribution in [-0.4, -0.2) is 23.5 Å². The van der Waals surface area contributed by atoms with E-state index < -0.39 is 17.8 Å². The average Bonchev–Trinajstić information content (AvgIpc) is 2.72. The Bertz CT molecular complexity index is 860. The van der Waals surface area contributed by atoms with Crippen LogP contribution in [0.1, 0.15) is 42.4 Å². The monoisotopic (exact) mass is 395 g/mol. The summed E-state index contributed by atoms with van der Waals surface area (Å²) in [5.41, 5.74) is 3.52. The molecule has 29 heavy (non-hydrogen) atoms. The molecule has 1 saturated carbocycles. The first kappa shape index (κ1) is 20.9. The highest BCUT2D eigenvalue weighted by Gasteiger charge is 2.35. The number of benzene rings is 2. The van der Waals surface area contributed by atoms with E-state index in [1.54, 1.807) is 0 Å². The lowest BCUT2D eigenvalue weighted by atomic mass is 9.78. The molecule has 5 heteroatoms. The number of carboxylic acids is 1. The third-order valence-electron chi connectivity index (χ3n) is 5.77.